The number of imidazole rings is 1. The highest BCUT2D eigenvalue weighted by Crippen LogP contribution is 2.34. The molecule has 0 radical (unpaired) electrons. The molecule has 5 aromatic rings. The second-order valence-corrected chi connectivity index (χ2v) is 7.64. The summed E-state index contributed by atoms with van der Waals surface area (Å²) in [6.07, 6.45) is 5.57. The highest BCUT2D eigenvalue weighted by molar-refractivity contribution is 5.90. The van der Waals surface area contributed by atoms with Gasteiger partial charge in [0.25, 0.3) is 0 Å². The van der Waals surface area contributed by atoms with Gasteiger partial charge in [-0.2, -0.15) is 5.10 Å². The normalized spacial score (nSPS) is 15.8. The van der Waals surface area contributed by atoms with Crippen LogP contribution in [0.2, 0.25) is 0 Å². The van der Waals surface area contributed by atoms with Crippen molar-refractivity contribution in [3.63, 3.8) is 0 Å². The van der Waals surface area contributed by atoms with Crippen molar-refractivity contribution in [2.75, 3.05) is 6.54 Å². The number of aryl methyl sites for hydroxylation is 1. The Kier molecular flexibility index (Phi) is 4.10. The van der Waals surface area contributed by atoms with Gasteiger partial charge in [0.05, 0.1) is 28.8 Å². The molecule has 1 N–H and O–H groups in total. The van der Waals surface area contributed by atoms with Gasteiger partial charge in [-0.1, -0.05) is 6.07 Å². The van der Waals surface area contributed by atoms with E-state index in [0.29, 0.717) is 18.5 Å². The van der Waals surface area contributed by atoms with Gasteiger partial charge in [-0.3, -0.25) is 9.78 Å². The fourth-order valence-corrected chi connectivity index (χ4v) is 4.14. The first-order valence-electron chi connectivity index (χ1n) is 10.2. The maximum atomic E-state index is 13.5. The van der Waals surface area contributed by atoms with Crippen LogP contribution in [0.1, 0.15) is 39.5 Å². The van der Waals surface area contributed by atoms with E-state index < -0.39 is 6.04 Å². The van der Waals surface area contributed by atoms with Crippen LogP contribution in [0.25, 0.3) is 17.0 Å². The van der Waals surface area contributed by atoms with Crippen molar-refractivity contribution < 1.29 is 9.21 Å². The molecular weight excluding hydrogens is 408 g/mol. The second-order valence-electron chi connectivity index (χ2n) is 7.64. The third-order valence-corrected chi connectivity index (χ3v) is 5.68. The largest absolute Gasteiger partial charge is 0.412 e. The molecule has 1 atom stereocenters. The van der Waals surface area contributed by atoms with Gasteiger partial charge in [0.15, 0.2) is 0 Å². The number of hydrogen-bond acceptors (Lipinski definition) is 7. The number of amides is 1. The molecule has 1 aliphatic heterocycles. The Hall–Kier alpha value is -4.34. The Morgan fingerprint density at radius 2 is 2.16 bits per heavy atom. The van der Waals surface area contributed by atoms with E-state index >= 15 is 0 Å². The lowest BCUT2D eigenvalue weighted by Gasteiger charge is -2.32. The molecule has 1 aliphatic rings. The Morgan fingerprint density at radius 1 is 1.22 bits per heavy atom. The number of rotatable bonds is 3. The van der Waals surface area contributed by atoms with Gasteiger partial charge in [-0.25, -0.2) is 9.50 Å². The van der Waals surface area contributed by atoms with Crippen LogP contribution >= 0.6 is 0 Å². The molecule has 0 saturated carbocycles. The molecule has 0 spiro atoms. The Labute approximate surface area is 181 Å². The van der Waals surface area contributed by atoms with E-state index in [1.54, 1.807) is 35.8 Å². The summed E-state index contributed by atoms with van der Waals surface area (Å²) in [6, 6.07) is 11.0. The average Bonchev–Trinajstić information content (AvgIpc) is 3.58. The molecule has 158 valence electrons. The zero-order valence-corrected chi connectivity index (χ0v) is 17.1. The third-order valence-electron chi connectivity index (χ3n) is 5.68. The molecule has 0 aliphatic carbocycles. The number of pyridine rings is 2. The number of aromatic nitrogens is 7. The molecule has 0 fully saturated rings. The molecule has 10 nitrogen and oxygen atoms in total. The Morgan fingerprint density at radius 3 is 3.00 bits per heavy atom. The standard InChI is InChI=1S/C22H18N8O2/c1-13-4-2-6-15-10-17(28-30(13)15)19-18-16(24-12-25-18)7-9-29(19)22(31)21-27-26-20(32-21)14-5-3-8-23-11-14/h2-6,8,10-12,19H,7,9H2,1H3,(H,24,25)/t19-/m0/s1. The maximum Gasteiger partial charge on any atom is 0.312 e. The summed E-state index contributed by atoms with van der Waals surface area (Å²) >= 11 is 0. The summed E-state index contributed by atoms with van der Waals surface area (Å²) < 4.78 is 7.58. The predicted molar refractivity (Wildman–Crippen MR) is 113 cm³/mol. The maximum absolute atomic E-state index is 13.5. The van der Waals surface area contributed by atoms with Gasteiger partial charge in [-0.15, -0.1) is 10.2 Å². The van der Waals surface area contributed by atoms with E-state index in [-0.39, 0.29) is 17.7 Å². The van der Waals surface area contributed by atoms with Gasteiger partial charge in [0.1, 0.15) is 6.04 Å². The van der Waals surface area contributed by atoms with E-state index in [4.69, 9.17) is 9.52 Å². The van der Waals surface area contributed by atoms with E-state index in [2.05, 4.69) is 25.1 Å². The van der Waals surface area contributed by atoms with E-state index in [1.807, 2.05) is 35.7 Å². The fourth-order valence-electron chi connectivity index (χ4n) is 4.14. The molecule has 32 heavy (non-hydrogen) atoms. The summed E-state index contributed by atoms with van der Waals surface area (Å²) in [7, 11) is 0. The smallest absolute Gasteiger partial charge is 0.312 e. The van der Waals surface area contributed by atoms with Crippen molar-refractivity contribution in [1.29, 1.82) is 0 Å². The average molecular weight is 426 g/mol. The van der Waals surface area contributed by atoms with Crippen LogP contribution < -0.4 is 0 Å². The molecule has 0 bridgehead atoms. The SMILES string of the molecule is Cc1cccc2cc([C@H]3c4nc[nH]c4CCN3C(=O)c3nnc(-c4cccnc4)o3)nn12. The minimum absolute atomic E-state index is 0.0761. The highest BCUT2D eigenvalue weighted by Gasteiger charge is 2.38. The van der Waals surface area contributed by atoms with Gasteiger partial charge in [-0.05, 0) is 37.3 Å². The molecule has 10 heteroatoms. The van der Waals surface area contributed by atoms with Gasteiger partial charge in [0, 0.05) is 36.7 Å². The minimum atomic E-state index is -0.467. The number of carbonyl (C=O) groups is 1. The minimum Gasteiger partial charge on any atom is -0.412 e. The molecule has 0 unspecified atom stereocenters. The number of fused-ring (bicyclic) bond motifs is 2. The summed E-state index contributed by atoms with van der Waals surface area (Å²) in [6.45, 7) is 2.46. The van der Waals surface area contributed by atoms with Crippen molar-refractivity contribution in [3.8, 4) is 11.5 Å². The lowest BCUT2D eigenvalue weighted by atomic mass is 9.99. The fraction of sp³-hybridized carbons (Fsp3) is 0.182. The lowest BCUT2D eigenvalue weighted by Crippen LogP contribution is -2.41. The van der Waals surface area contributed by atoms with E-state index in [0.717, 1.165) is 28.3 Å². The Bertz CT molecular complexity index is 1430. The monoisotopic (exact) mass is 426 g/mol. The molecule has 1 amide bonds. The highest BCUT2D eigenvalue weighted by atomic mass is 16.4. The summed E-state index contributed by atoms with van der Waals surface area (Å²) in [5.41, 5.74) is 5.11. The summed E-state index contributed by atoms with van der Waals surface area (Å²) in [4.78, 5) is 26.9. The first-order valence-corrected chi connectivity index (χ1v) is 10.2. The Balaban J connectivity index is 1.41. The van der Waals surface area contributed by atoms with Crippen molar-refractivity contribution in [2.24, 2.45) is 0 Å². The third kappa shape index (κ3) is 2.88. The zero-order chi connectivity index (χ0) is 21.7. The number of hydrogen-bond donors (Lipinski definition) is 1. The van der Waals surface area contributed by atoms with Crippen LogP contribution in [0.15, 0.2) is 59.5 Å². The van der Waals surface area contributed by atoms with Crippen LogP contribution in [0.4, 0.5) is 0 Å². The van der Waals surface area contributed by atoms with Crippen molar-refractivity contribution in [1.82, 2.24) is 39.7 Å². The van der Waals surface area contributed by atoms with Crippen LogP contribution in [0.3, 0.4) is 0 Å². The molecule has 6 rings (SSSR count). The number of carbonyl (C=O) groups excluding carboxylic acids is 1. The number of aromatic amines is 1. The summed E-state index contributed by atoms with van der Waals surface area (Å²) in [5.74, 6) is -0.188. The quantitative estimate of drug-likeness (QED) is 0.471. The summed E-state index contributed by atoms with van der Waals surface area (Å²) in [5, 5.41) is 12.8. The van der Waals surface area contributed by atoms with Crippen molar-refractivity contribution in [3.05, 3.63) is 83.8 Å². The molecule has 6 heterocycles. The van der Waals surface area contributed by atoms with E-state index in [9.17, 15) is 4.79 Å². The van der Waals surface area contributed by atoms with Crippen LogP contribution in [-0.4, -0.2) is 52.1 Å². The molecule has 0 aromatic carbocycles. The number of nitrogens with zero attached hydrogens (tertiary/aromatic N) is 7. The number of H-pyrrole nitrogens is 1. The van der Waals surface area contributed by atoms with Crippen LogP contribution in [0.5, 0.6) is 0 Å². The van der Waals surface area contributed by atoms with E-state index in [1.165, 1.54) is 0 Å². The molecular formula is C22H18N8O2. The second kappa shape index (κ2) is 7.12. The first-order chi connectivity index (χ1) is 15.7. The van der Waals surface area contributed by atoms with Gasteiger partial charge < -0.3 is 14.3 Å². The van der Waals surface area contributed by atoms with Crippen molar-refractivity contribution >= 4 is 11.4 Å². The first kappa shape index (κ1) is 18.4. The molecule has 0 saturated heterocycles. The van der Waals surface area contributed by atoms with Gasteiger partial charge in [0.2, 0.25) is 5.89 Å². The van der Waals surface area contributed by atoms with Crippen LogP contribution in [0, 0.1) is 6.92 Å². The van der Waals surface area contributed by atoms with Crippen molar-refractivity contribution in [2.45, 2.75) is 19.4 Å². The molecule has 5 aromatic heterocycles. The zero-order valence-electron chi connectivity index (χ0n) is 17.1. The topological polar surface area (TPSA) is 118 Å². The van der Waals surface area contributed by atoms with Gasteiger partial charge >= 0.3 is 11.8 Å². The van der Waals surface area contributed by atoms with Crippen LogP contribution in [-0.2, 0) is 6.42 Å². The lowest BCUT2D eigenvalue weighted by molar-refractivity contribution is 0.0646. The number of nitrogens with one attached hydrogen (secondary N) is 1. The predicted octanol–water partition coefficient (Wildman–Crippen LogP) is 2.60.